The van der Waals surface area contributed by atoms with E-state index in [2.05, 4.69) is 23.5 Å². The van der Waals surface area contributed by atoms with Crippen molar-refractivity contribution in [2.75, 3.05) is 5.32 Å². The van der Waals surface area contributed by atoms with Crippen LogP contribution in [0.2, 0.25) is 0 Å². The smallest absolute Gasteiger partial charge is 0.228 e. The lowest BCUT2D eigenvalue weighted by Gasteiger charge is -2.12. The van der Waals surface area contributed by atoms with Crippen LogP contribution in [-0.2, 0) is 11.2 Å². The van der Waals surface area contributed by atoms with Gasteiger partial charge in [-0.1, -0.05) is 42.0 Å². The number of benzene rings is 2. The second-order valence-electron chi connectivity index (χ2n) is 5.42. The Kier molecular flexibility index (Phi) is 4.23. The first-order chi connectivity index (χ1) is 9.47. The molecule has 2 aromatic carbocycles. The summed E-state index contributed by atoms with van der Waals surface area (Å²) >= 11 is 0. The Morgan fingerprint density at radius 1 is 0.950 bits per heavy atom. The molecule has 2 nitrogen and oxygen atoms in total. The first kappa shape index (κ1) is 14.3. The highest BCUT2D eigenvalue weighted by atomic mass is 16.1. The van der Waals surface area contributed by atoms with Gasteiger partial charge in [-0.05, 0) is 49.9 Å². The molecule has 2 rings (SSSR count). The second kappa shape index (κ2) is 5.91. The molecule has 0 unspecified atom stereocenters. The lowest BCUT2D eigenvalue weighted by Crippen LogP contribution is -2.16. The Hall–Kier alpha value is -2.09. The highest BCUT2D eigenvalue weighted by Crippen LogP contribution is 2.20. The predicted molar refractivity (Wildman–Crippen MR) is 84.2 cm³/mol. The molecule has 20 heavy (non-hydrogen) atoms. The molecule has 0 heterocycles. The van der Waals surface area contributed by atoms with Gasteiger partial charge in [0.15, 0.2) is 0 Å². The minimum atomic E-state index is 0.0381. The second-order valence-corrected chi connectivity index (χ2v) is 5.42. The van der Waals surface area contributed by atoms with E-state index >= 15 is 0 Å². The number of hydrogen-bond acceptors (Lipinski definition) is 1. The average molecular weight is 267 g/mol. The third kappa shape index (κ3) is 3.27. The number of para-hydroxylation sites is 1. The summed E-state index contributed by atoms with van der Waals surface area (Å²) in [4.78, 5) is 12.2. The summed E-state index contributed by atoms with van der Waals surface area (Å²) in [5.41, 5.74) is 6.56. The minimum Gasteiger partial charge on any atom is -0.325 e. The fourth-order valence-electron chi connectivity index (χ4n) is 2.36. The van der Waals surface area contributed by atoms with Crippen LogP contribution in [0.25, 0.3) is 0 Å². The van der Waals surface area contributed by atoms with E-state index in [-0.39, 0.29) is 5.91 Å². The zero-order valence-corrected chi connectivity index (χ0v) is 12.6. The topological polar surface area (TPSA) is 29.1 Å². The van der Waals surface area contributed by atoms with Crippen LogP contribution in [-0.4, -0.2) is 5.91 Å². The molecule has 1 N–H and O–H groups in total. The van der Waals surface area contributed by atoms with Crippen molar-refractivity contribution in [3.63, 3.8) is 0 Å². The van der Waals surface area contributed by atoms with Crippen LogP contribution in [0.3, 0.4) is 0 Å². The maximum absolute atomic E-state index is 12.2. The van der Waals surface area contributed by atoms with E-state index in [1.54, 1.807) is 0 Å². The Morgan fingerprint density at radius 3 is 2.25 bits per heavy atom. The summed E-state index contributed by atoms with van der Waals surface area (Å²) in [6.07, 6.45) is 0.418. The Balaban J connectivity index is 2.15. The van der Waals surface area contributed by atoms with Crippen molar-refractivity contribution in [1.82, 2.24) is 0 Å². The predicted octanol–water partition coefficient (Wildman–Crippen LogP) is 4.10. The van der Waals surface area contributed by atoms with Crippen LogP contribution in [0.5, 0.6) is 0 Å². The molecule has 0 spiro atoms. The zero-order valence-electron chi connectivity index (χ0n) is 12.6. The SMILES string of the molecule is Cc1ccc(C)c(CC(=O)Nc2c(C)cccc2C)c1. The molecule has 0 aromatic heterocycles. The molecule has 0 bridgehead atoms. The number of hydrogen-bond donors (Lipinski definition) is 1. The molecule has 0 fully saturated rings. The Morgan fingerprint density at radius 2 is 1.60 bits per heavy atom. The maximum Gasteiger partial charge on any atom is 0.228 e. The number of rotatable bonds is 3. The van der Waals surface area contributed by atoms with Crippen LogP contribution < -0.4 is 5.32 Å². The van der Waals surface area contributed by atoms with Gasteiger partial charge in [-0.15, -0.1) is 0 Å². The first-order valence-corrected chi connectivity index (χ1v) is 6.89. The zero-order chi connectivity index (χ0) is 14.7. The van der Waals surface area contributed by atoms with Crippen molar-refractivity contribution in [1.29, 1.82) is 0 Å². The average Bonchev–Trinajstić information content (AvgIpc) is 2.38. The number of amides is 1. The van der Waals surface area contributed by atoms with Crippen molar-refractivity contribution in [3.05, 3.63) is 64.2 Å². The van der Waals surface area contributed by atoms with Gasteiger partial charge >= 0.3 is 0 Å². The maximum atomic E-state index is 12.2. The van der Waals surface area contributed by atoms with Gasteiger partial charge in [-0.25, -0.2) is 0 Å². The van der Waals surface area contributed by atoms with E-state index in [9.17, 15) is 4.79 Å². The summed E-state index contributed by atoms with van der Waals surface area (Å²) in [5.74, 6) is 0.0381. The van der Waals surface area contributed by atoms with Crippen molar-refractivity contribution >= 4 is 11.6 Å². The van der Waals surface area contributed by atoms with Crippen LogP contribution in [0.1, 0.15) is 27.8 Å². The van der Waals surface area contributed by atoms with Crippen LogP contribution in [0.15, 0.2) is 36.4 Å². The lowest BCUT2D eigenvalue weighted by atomic mass is 10.0. The molecule has 0 saturated carbocycles. The normalized spacial score (nSPS) is 10.4. The number of carbonyl (C=O) groups excluding carboxylic acids is 1. The van der Waals surface area contributed by atoms with Crippen molar-refractivity contribution in [3.8, 4) is 0 Å². The summed E-state index contributed by atoms with van der Waals surface area (Å²) in [6.45, 7) is 8.12. The minimum absolute atomic E-state index is 0.0381. The van der Waals surface area contributed by atoms with Gasteiger partial charge in [-0.2, -0.15) is 0 Å². The molecule has 2 heteroatoms. The van der Waals surface area contributed by atoms with Gasteiger partial charge in [0.2, 0.25) is 5.91 Å². The monoisotopic (exact) mass is 267 g/mol. The van der Waals surface area contributed by atoms with Gasteiger partial charge < -0.3 is 5.32 Å². The number of aryl methyl sites for hydroxylation is 4. The molecule has 1 amide bonds. The lowest BCUT2D eigenvalue weighted by molar-refractivity contribution is -0.115. The standard InChI is InChI=1S/C18H21NO/c1-12-8-9-13(2)16(10-12)11-17(20)19-18-14(3)6-5-7-15(18)4/h5-10H,11H2,1-4H3,(H,19,20). The largest absolute Gasteiger partial charge is 0.325 e. The number of carbonyl (C=O) groups is 1. The fraction of sp³-hybridized carbons (Fsp3) is 0.278. The van der Waals surface area contributed by atoms with E-state index in [1.165, 1.54) is 5.56 Å². The molecule has 2 aromatic rings. The summed E-state index contributed by atoms with van der Waals surface area (Å²) in [7, 11) is 0. The molecule has 0 aliphatic rings. The van der Waals surface area contributed by atoms with E-state index < -0.39 is 0 Å². The van der Waals surface area contributed by atoms with Crippen LogP contribution >= 0.6 is 0 Å². The molecule has 0 saturated heterocycles. The third-order valence-electron chi connectivity index (χ3n) is 3.60. The molecule has 0 radical (unpaired) electrons. The summed E-state index contributed by atoms with van der Waals surface area (Å²) in [5, 5.41) is 3.03. The highest BCUT2D eigenvalue weighted by Gasteiger charge is 2.09. The molecular formula is C18H21NO. The molecular weight excluding hydrogens is 246 g/mol. The van der Waals surface area contributed by atoms with Gasteiger partial charge in [0, 0.05) is 5.69 Å². The number of anilines is 1. The van der Waals surface area contributed by atoms with Crippen molar-refractivity contribution in [2.45, 2.75) is 34.1 Å². The van der Waals surface area contributed by atoms with Gasteiger partial charge in [0.1, 0.15) is 0 Å². The quantitative estimate of drug-likeness (QED) is 0.891. The van der Waals surface area contributed by atoms with E-state index in [0.717, 1.165) is 27.9 Å². The fourth-order valence-corrected chi connectivity index (χ4v) is 2.36. The van der Waals surface area contributed by atoms with Crippen LogP contribution in [0.4, 0.5) is 5.69 Å². The highest BCUT2D eigenvalue weighted by molar-refractivity contribution is 5.93. The van der Waals surface area contributed by atoms with E-state index in [1.807, 2.05) is 45.9 Å². The van der Waals surface area contributed by atoms with Crippen LogP contribution in [0, 0.1) is 27.7 Å². The van der Waals surface area contributed by atoms with E-state index in [4.69, 9.17) is 0 Å². The van der Waals surface area contributed by atoms with Gasteiger partial charge in [0.25, 0.3) is 0 Å². The first-order valence-electron chi connectivity index (χ1n) is 6.89. The molecule has 104 valence electrons. The van der Waals surface area contributed by atoms with Gasteiger partial charge in [-0.3, -0.25) is 4.79 Å². The van der Waals surface area contributed by atoms with Gasteiger partial charge in [0.05, 0.1) is 6.42 Å². The Bertz CT molecular complexity index is 624. The third-order valence-corrected chi connectivity index (χ3v) is 3.60. The summed E-state index contributed by atoms with van der Waals surface area (Å²) in [6, 6.07) is 12.3. The van der Waals surface area contributed by atoms with Crippen molar-refractivity contribution < 1.29 is 4.79 Å². The Labute approximate surface area is 120 Å². The van der Waals surface area contributed by atoms with E-state index in [0.29, 0.717) is 6.42 Å². The number of nitrogens with one attached hydrogen (secondary N) is 1. The summed E-state index contributed by atoms with van der Waals surface area (Å²) < 4.78 is 0. The molecule has 0 atom stereocenters. The molecule has 0 aliphatic carbocycles. The molecule has 0 aliphatic heterocycles. The van der Waals surface area contributed by atoms with Crippen molar-refractivity contribution in [2.24, 2.45) is 0 Å².